The van der Waals surface area contributed by atoms with Gasteiger partial charge in [0.2, 0.25) is 0 Å². The fourth-order valence-electron chi connectivity index (χ4n) is 3.12. The molecule has 1 aromatic carbocycles. The highest BCUT2D eigenvalue weighted by molar-refractivity contribution is 5.91. The fraction of sp³-hybridized carbons (Fsp3) is 0.381. The lowest BCUT2D eigenvalue weighted by Gasteiger charge is -2.42. The molecular weight excluding hydrogens is 358 g/mol. The number of piperazine rings is 1. The van der Waals surface area contributed by atoms with E-state index in [4.69, 9.17) is 9.47 Å². The molecule has 0 N–H and O–H groups in total. The van der Waals surface area contributed by atoms with Crippen molar-refractivity contribution in [1.82, 2.24) is 9.88 Å². The Labute approximate surface area is 164 Å². The van der Waals surface area contributed by atoms with E-state index in [-0.39, 0.29) is 6.61 Å². The van der Waals surface area contributed by atoms with Crippen molar-refractivity contribution in [1.29, 1.82) is 0 Å². The molecule has 0 amide bonds. The van der Waals surface area contributed by atoms with Crippen LogP contribution in [0.2, 0.25) is 0 Å². The minimum absolute atomic E-state index is 0.304. The molecule has 0 atom stereocenters. The Kier molecular flexibility index (Phi) is 6.26. The highest BCUT2D eigenvalue weighted by Gasteiger charge is 2.39. The number of benzene rings is 1. The van der Waals surface area contributed by atoms with E-state index >= 15 is 0 Å². The van der Waals surface area contributed by atoms with Crippen LogP contribution in [-0.4, -0.2) is 60.1 Å². The summed E-state index contributed by atoms with van der Waals surface area (Å²) >= 11 is 0. The number of esters is 2. The number of ether oxygens (including phenoxy) is 2. The van der Waals surface area contributed by atoms with E-state index in [1.807, 2.05) is 23.1 Å². The highest BCUT2D eigenvalue weighted by Crippen LogP contribution is 2.22. The second-order valence-corrected chi connectivity index (χ2v) is 7.10. The summed E-state index contributed by atoms with van der Waals surface area (Å²) in [5, 5.41) is 0. The van der Waals surface area contributed by atoms with Crippen molar-refractivity contribution >= 4 is 17.6 Å². The third-order valence-corrected chi connectivity index (χ3v) is 4.90. The zero-order valence-electron chi connectivity index (χ0n) is 16.2. The average molecular weight is 383 g/mol. The van der Waals surface area contributed by atoms with Crippen LogP contribution < -0.4 is 9.64 Å². The van der Waals surface area contributed by atoms with Gasteiger partial charge in [-0.2, -0.15) is 0 Å². The molecule has 2 aromatic rings. The molecule has 1 aromatic heterocycles. The average Bonchev–Trinajstić information content (AvgIpc) is 2.73. The van der Waals surface area contributed by atoms with Crippen LogP contribution in [0.1, 0.15) is 13.8 Å². The molecule has 0 radical (unpaired) electrons. The van der Waals surface area contributed by atoms with Crippen LogP contribution in [0.4, 0.5) is 5.69 Å². The Morgan fingerprint density at radius 3 is 2.29 bits per heavy atom. The Bertz CT molecular complexity index is 788. The van der Waals surface area contributed by atoms with Gasteiger partial charge < -0.3 is 14.4 Å². The molecule has 28 heavy (non-hydrogen) atoms. The highest BCUT2D eigenvalue weighted by atomic mass is 16.6. The molecule has 0 spiro atoms. The number of anilines is 1. The SMILES string of the molecule is CC(C)(C(=O)OC(=O)COc1ccccc1)N1CCN(c2ccncc2)CC1. The van der Waals surface area contributed by atoms with Crippen LogP contribution in [0, 0.1) is 0 Å². The maximum atomic E-state index is 12.6. The first-order valence-electron chi connectivity index (χ1n) is 9.30. The summed E-state index contributed by atoms with van der Waals surface area (Å²) in [6.07, 6.45) is 3.54. The van der Waals surface area contributed by atoms with Crippen molar-refractivity contribution in [3.05, 3.63) is 54.9 Å². The van der Waals surface area contributed by atoms with Gasteiger partial charge in [0.15, 0.2) is 6.61 Å². The first kappa shape index (κ1) is 19.8. The number of nitrogens with zero attached hydrogens (tertiary/aromatic N) is 3. The molecule has 1 aliphatic rings. The molecule has 3 rings (SSSR count). The van der Waals surface area contributed by atoms with E-state index in [2.05, 4.69) is 9.88 Å². The van der Waals surface area contributed by atoms with Gasteiger partial charge >= 0.3 is 11.9 Å². The number of para-hydroxylation sites is 1. The van der Waals surface area contributed by atoms with Crippen LogP contribution in [-0.2, 0) is 14.3 Å². The van der Waals surface area contributed by atoms with Crippen LogP contribution in [0.25, 0.3) is 0 Å². The van der Waals surface area contributed by atoms with E-state index in [1.54, 1.807) is 50.5 Å². The number of aromatic nitrogens is 1. The van der Waals surface area contributed by atoms with Crippen molar-refractivity contribution in [2.75, 3.05) is 37.7 Å². The lowest BCUT2D eigenvalue weighted by molar-refractivity contribution is -0.169. The van der Waals surface area contributed by atoms with E-state index < -0.39 is 17.5 Å². The van der Waals surface area contributed by atoms with Gasteiger partial charge in [0.05, 0.1) is 0 Å². The predicted molar refractivity (Wildman–Crippen MR) is 105 cm³/mol. The number of rotatable bonds is 6. The standard InChI is InChI=1S/C21H25N3O4/c1-21(2,20(26)28-19(25)16-27-18-6-4-3-5-7-18)24-14-12-23(13-15-24)17-8-10-22-11-9-17/h3-11H,12-16H2,1-2H3. The summed E-state index contributed by atoms with van der Waals surface area (Å²) in [6.45, 7) is 6.21. The van der Waals surface area contributed by atoms with Crippen LogP contribution in [0.5, 0.6) is 5.75 Å². The van der Waals surface area contributed by atoms with E-state index in [1.165, 1.54) is 0 Å². The maximum absolute atomic E-state index is 12.6. The molecule has 7 nitrogen and oxygen atoms in total. The van der Waals surface area contributed by atoms with Gasteiger partial charge in [-0.25, -0.2) is 9.59 Å². The number of pyridine rings is 1. The molecule has 0 bridgehead atoms. The van der Waals surface area contributed by atoms with Crippen LogP contribution in [0.15, 0.2) is 54.9 Å². The predicted octanol–water partition coefficient (Wildman–Crippen LogP) is 2.13. The molecule has 7 heteroatoms. The molecule has 0 aliphatic carbocycles. The fourth-order valence-corrected chi connectivity index (χ4v) is 3.12. The molecule has 1 saturated heterocycles. The Morgan fingerprint density at radius 1 is 1.00 bits per heavy atom. The lowest BCUT2D eigenvalue weighted by atomic mass is 10.0. The molecule has 2 heterocycles. The number of hydrogen-bond acceptors (Lipinski definition) is 7. The van der Waals surface area contributed by atoms with Gasteiger partial charge in [0.1, 0.15) is 11.3 Å². The summed E-state index contributed by atoms with van der Waals surface area (Å²) in [6, 6.07) is 12.9. The van der Waals surface area contributed by atoms with Crippen LogP contribution in [0.3, 0.4) is 0 Å². The minimum atomic E-state index is -0.896. The van der Waals surface area contributed by atoms with E-state index in [0.717, 1.165) is 18.8 Å². The smallest absolute Gasteiger partial charge is 0.351 e. The molecule has 1 fully saturated rings. The molecule has 148 valence electrons. The zero-order chi connectivity index (χ0) is 20.0. The summed E-state index contributed by atoms with van der Waals surface area (Å²) in [5.41, 5.74) is 0.218. The normalized spacial score (nSPS) is 15.1. The number of hydrogen-bond donors (Lipinski definition) is 0. The van der Waals surface area contributed by atoms with Crippen molar-refractivity contribution in [3.8, 4) is 5.75 Å². The molecule has 1 aliphatic heterocycles. The van der Waals surface area contributed by atoms with Crippen molar-refractivity contribution < 1.29 is 19.1 Å². The second-order valence-electron chi connectivity index (χ2n) is 7.10. The maximum Gasteiger partial charge on any atom is 0.351 e. The van der Waals surface area contributed by atoms with Gasteiger partial charge in [-0.1, -0.05) is 18.2 Å². The summed E-state index contributed by atoms with van der Waals surface area (Å²) in [4.78, 5) is 32.9. The monoisotopic (exact) mass is 383 g/mol. The van der Waals surface area contributed by atoms with Gasteiger partial charge in [0.25, 0.3) is 0 Å². The van der Waals surface area contributed by atoms with E-state index in [0.29, 0.717) is 18.8 Å². The third-order valence-electron chi connectivity index (χ3n) is 4.90. The largest absolute Gasteiger partial charge is 0.482 e. The van der Waals surface area contributed by atoms with Crippen molar-refractivity contribution in [3.63, 3.8) is 0 Å². The lowest BCUT2D eigenvalue weighted by Crippen LogP contribution is -2.58. The van der Waals surface area contributed by atoms with Gasteiger partial charge in [-0.15, -0.1) is 0 Å². The van der Waals surface area contributed by atoms with E-state index in [9.17, 15) is 9.59 Å². The number of carbonyl (C=O) groups excluding carboxylic acids is 2. The van der Waals surface area contributed by atoms with Gasteiger partial charge in [-0.05, 0) is 38.1 Å². The first-order chi connectivity index (χ1) is 13.5. The van der Waals surface area contributed by atoms with Gasteiger partial charge in [0, 0.05) is 44.3 Å². The van der Waals surface area contributed by atoms with Gasteiger partial charge in [-0.3, -0.25) is 9.88 Å². The molecule has 0 saturated carbocycles. The number of carbonyl (C=O) groups is 2. The third kappa shape index (κ3) is 4.86. The summed E-state index contributed by atoms with van der Waals surface area (Å²) in [5.74, 6) is -0.706. The van der Waals surface area contributed by atoms with Crippen LogP contribution >= 0.6 is 0 Å². The quantitative estimate of drug-likeness (QED) is 0.559. The van der Waals surface area contributed by atoms with Crippen molar-refractivity contribution in [2.24, 2.45) is 0 Å². The summed E-state index contributed by atoms with van der Waals surface area (Å²) in [7, 11) is 0. The Morgan fingerprint density at radius 2 is 1.64 bits per heavy atom. The zero-order valence-corrected chi connectivity index (χ0v) is 16.2. The first-order valence-corrected chi connectivity index (χ1v) is 9.30. The minimum Gasteiger partial charge on any atom is -0.482 e. The molecule has 0 unspecified atom stereocenters. The Hall–Kier alpha value is -2.93. The van der Waals surface area contributed by atoms with Crippen molar-refractivity contribution in [2.45, 2.75) is 19.4 Å². The summed E-state index contributed by atoms with van der Waals surface area (Å²) < 4.78 is 10.4. The molecular formula is C21H25N3O4. The Balaban J connectivity index is 1.49. The topological polar surface area (TPSA) is 72.0 Å². The second kappa shape index (κ2) is 8.84.